The average molecular weight is 291 g/mol. The molecule has 1 aliphatic heterocycles. The molecule has 6 heteroatoms. The molecule has 1 heterocycles. The topological polar surface area (TPSA) is 70.7 Å². The molecule has 0 aromatic heterocycles. The van der Waals surface area contributed by atoms with Crippen molar-refractivity contribution in [3.05, 3.63) is 23.8 Å². The van der Waals surface area contributed by atoms with E-state index in [-0.39, 0.29) is 5.91 Å². The van der Waals surface area contributed by atoms with Gasteiger partial charge in [-0.2, -0.15) is 0 Å². The molecule has 0 fully saturated rings. The molecule has 0 unspecified atom stereocenters. The summed E-state index contributed by atoms with van der Waals surface area (Å²) in [6.45, 7) is 1.52. The Morgan fingerprint density at radius 2 is 2.19 bits per heavy atom. The first-order valence-electron chi connectivity index (χ1n) is 7.07. The number of urea groups is 1. The predicted octanol–water partition coefficient (Wildman–Crippen LogP) is 1.29. The van der Waals surface area contributed by atoms with Crippen molar-refractivity contribution in [2.24, 2.45) is 0 Å². The van der Waals surface area contributed by atoms with E-state index in [1.807, 2.05) is 18.2 Å². The van der Waals surface area contributed by atoms with Crippen molar-refractivity contribution in [1.29, 1.82) is 0 Å². The Morgan fingerprint density at radius 3 is 2.90 bits per heavy atom. The summed E-state index contributed by atoms with van der Waals surface area (Å²) in [5.74, 6) is 0.586. The molecule has 1 aromatic carbocycles. The zero-order valence-electron chi connectivity index (χ0n) is 12.4. The van der Waals surface area contributed by atoms with E-state index in [1.165, 1.54) is 12.6 Å². The minimum atomic E-state index is -0.469. The van der Waals surface area contributed by atoms with Crippen molar-refractivity contribution in [3.63, 3.8) is 0 Å². The van der Waals surface area contributed by atoms with Crippen LogP contribution in [0.4, 0.5) is 10.5 Å². The monoisotopic (exact) mass is 291 g/mol. The summed E-state index contributed by atoms with van der Waals surface area (Å²) in [4.78, 5) is 24.9. The molecule has 0 saturated carbocycles. The Bertz CT molecular complexity index is 531. The zero-order valence-corrected chi connectivity index (χ0v) is 12.4. The molecular formula is C15H21N3O3. The molecule has 0 bridgehead atoms. The lowest BCUT2D eigenvalue weighted by molar-refractivity contribution is -0.119. The molecule has 2 N–H and O–H groups in total. The Morgan fingerprint density at radius 1 is 1.38 bits per heavy atom. The number of rotatable bonds is 4. The summed E-state index contributed by atoms with van der Waals surface area (Å²) >= 11 is 0. The summed E-state index contributed by atoms with van der Waals surface area (Å²) in [7, 11) is 3.14. The lowest BCUT2D eigenvalue weighted by Gasteiger charge is -2.31. The summed E-state index contributed by atoms with van der Waals surface area (Å²) < 4.78 is 5.24. The van der Waals surface area contributed by atoms with Crippen LogP contribution in [0.2, 0.25) is 0 Å². The maximum Gasteiger partial charge on any atom is 0.321 e. The molecule has 2 rings (SSSR count). The smallest absolute Gasteiger partial charge is 0.321 e. The fourth-order valence-electron chi connectivity index (χ4n) is 2.50. The van der Waals surface area contributed by atoms with Gasteiger partial charge >= 0.3 is 6.03 Å². The SMILES string of the molecule is CNC(=O)NC(=O)CCN1CCCc2cc(OC)ccc21. The molecule has 0 atom stereocenters. The molecule has 3 amide bonds. The number of benzene rings is 1. The largest absolute Gasteiger partial charge is 0.497 e. The standard InChI is InChI=1S/C15H21N3O3/c1-16-15(20)17-14(19)7-9-18-8-3-4-11-10-12(21-2)5-6-13(11)18/h5-6,10H,3-4,7-9H2,1-2H3,(H2,16,17,19,20). The van der Waals surface area contributed by atoms with Gasteiger partial charge in [0.2, 0.25) is 5.91 Å². The second kappa shape index (κ2) is 6.97. The number of anilines is 1. The van der Waals surface area contributed by atoms with Crippen molar-refractivity contribution in [2.45, 2.75) is 19.3 Å². The van der Waals surface area contributed by atoms with Gasteiger partial charge in [0.25, 0.3) is 0 Å². The highest BCUT2D eigenvalue weighted by Crippen LogP contribution is 2.30. The van der Waals surface area contributed by atoms with Crippen LogP contribution in [0.1, 0.15) is 18.4 Å². The quantitative estimate of drug-likeness (QED) is 0.877. The third-order valence-electron chi connectivity index (χ3n) is 3.59. The molecule has 0 radical (unpaired) electrons. The molecule has 1 aromatic rings. The van der Waals surface area contributed by atoms with Gasteiger partial charge in [-0.25, -0.2) is 4.79 Å². The summed E-state index contributed by atoms with van der Waals surface area (Å²) in [6, 6.07) is 5.54. The van der Waals surface area contributed by atoms with Crippen LogP contribution in [0.5, 0.6) is 5.75 Å². The third kappa shape index (κ3) is 3.87. The van der Waals surface area contributed by atoms with Crippen LogP contribution in [0, 0.1) is 0 Å². The van der Waals surface area contributed by atoms with Gasteiger partial charge in [0.1, 0.15) is 5.75 Å². The minimum absolute atomic E-state index is 0.269. The van der Waals surface area contributed by atoms with Gasteiger partial charge in [-0.15, -0.1) is 0 Å². The Labute approximate surface area is 124 Å². The van der Waals surface area contributed by atoms with Crippen LogP contribution in [-0.4, -0.2) is 39.2 Å². The molecule has 1 aliphatic rings. The van der Waals surface area contributed by atoms with Crippen molar-refractivity contribution in [1.82, 2.24) is 10.6 Å². The third-order valence-corrected chi connectivity index (χ3v) is 3.59. The number of hydrogen-bond acceptors (Lipinski definition) is 4. The number of carbonyl (C=O) groups is 2. The number of amides is 3. The number of ether oxygens (including phenoxy) is 1. The fraction of sp³-hybridized carbons (Fsp3) is 0.467. The number of methoxy groups -OCH3 is 1. The molecule has 21 heavy (non-hydrogen) atoms. The average Bonchev–Trinajstić information content (AvgIpc) is 2.51. The maximum absolute atomic E-state index is 11.6. The zero-order chi connectivity index (χ0) is 15.2. The normalized spacial score (nSPS) is 13.3. The highest BCUT2D eigenvalue weighted by Gasteiger charge is 2.18. The van der Waals surface area contributed by atoms with Gasteiger partial charge in [-0.1, -0.05) is 0 Å². The maximum atomic E-state index is 11.6. The second-order valence-electron chi connectivity index (χ2n) is 4.96. The number of imide groups is 1. The van der Waals surface area contributed by atoms with E-state index >= 15 is 0 Å². The lowest BCUT2D eigenvalue weighted by Crippen LogP contribution is -2.39. The molecular weight excluding hydrogens is 270 g/mol. The molecule has 0 aliphatic carbocycles. The van der Waals surface area contributed by atoms with Gasteiger partial charge in [0, 0.05) is 32.2 Å². The fourth-order valence-corrected chi connectivity index (χ4v) is 2.50. The van der Waals surface area contributed by atoms with Crippen LogP contribution in [0.25, 0.3) is 0 Å². The van der Waals surface area contributed by atoms with E-state index in [1.54, 1.807) is 7.11 Å². The number of nitrogens with one attached hydrogen (secondary N) is 2. The lowest BCUT2D eigenvalue weighted by atomic mass is 10.0. The number of hydrogen-bond donors (Lipinski definition) is 2. The predicted molar refractivity (Wildman–Crippen MR) is 80.7 cm³/mol. The Kier molecular flexibility index (Phi) is 5.03. The van der Waals surface area contributed by atoms with Crippen LogP contribution in [0.3, 0.4) is 0 Å². The first-order chi connectivity index (χ1) is 10.1. The molecule has 114 valence electrons. The number of aryl methyl sites for hydroxylation is 1. The molecule has 6 nitrogen and oxygen atoms in total. The van der Waals surface area contributed by atoms with E-state index < -0.39 is 6.03 Å². The Balaban J connectivity index is 1.97. The van der Waals surface area contributed by atoms with Crippen molar-refractivity contribution >= 4 is 17.6 Å². The van der Waals surface area contributed by atoms with Gasteiger partial charge in [-0.3, -0.25) is 10.1 Å². The van der Waals surface area contributed by atoms with E-state index in [0.29, 0.717) is 13.0 Å². The van der Waals surface area contributed by atoms with Gasteiger partial charge < -0.3 is 15.0 Å². The number of carbonyl (C=O) groups excluding carboxylic acids is 2. The van der Waals surface area contributed by atoms with E-state index in [0.717, 1.165) is 30.8 Å². The van der Waals surface area contributed by atoms with Gasteiger partial charge in [-0.05, 0) is 36.6 Å². The summed E-state index contributed by atoms with van der Waals surface area (Å²) in [5, 5.41) is 4.64. The van der Waals surface area contributed by atoms with Crippen molar-refractivity contribution in [3.8, 4) is 5.75 Å². The van der Waals surface area contributed by atoms with E-state index in [4.69, 9.17) is 4.74 Å². The van der Waals surface area contributed by atoms with Crippen LogP contribution < -0.4 is 20.3 Å². The molecule has 0 spiro atoms. The van der Waals surface area contributed by atoms with Crippen LogP contribution >= 0.6 is 0 Å². The second-order valence-corrected chi connectivity index (χ2v) is 4.96. The van der Waals surface area contributed by atoms with Crippen molar-refractivity contribution in [2.75, 3.05) is 32.1 Å². The van der Waals surface area contributed by atoms with E-state index in [9.17, 15) is 9.59 Å². The number of fused-ring (bicyclic) bond motifs is 1. The first-order valence-corrected chi connectivity index (χ1v) is 7.07. The Hall–Kier alpha value is -2.24. The summed E-state index contributed by atoms with van der Waals surface area (Å²) in [5.41, 5.74) is 2.39. The van der Waals surface area contributed by atoms with Crippen LogP contribution in [0.15, 0.2) is 18.2 Å². The van der Waals surface area contributed by atoms with Crippen molar-refractivity contribution < 1.29 is 14.3 Å². The highest BCUT2D eigenvalue weighted by atomic mass is 16.5. The minimum Gasteiger partial charge on any atom is -0.497 e. The highest BCUT2D eigenvalue weighted by molar-refractivity contribution is 5.94. The molecule has 0 saturated heterocycles. The van der Waals surface area contributed by atoms with Gasteiger partial charge in [0.05, 0.1) is 7.11 Å². The van der Waals surface area contributed by atoms with Gasteiger partial charge in [0.15, 0.2) is 0 Å². The van der Waals surface area contributed by atoms with Crippen LogP contribution in [-0.2, 0) is 11.2 Å². The van der Waals surface area contributed by atoms with E-state index in [2.05, 4.69) is 15.5 Å². The summed E-state index contributed by atoms with van der Waals surface area (Å²) in [6.07, 6.45) is 2.36. The first kappa shape index (κ1) is 15.2. The number of nitrogens with zero attached hydrogens (tertiary/aromatic N) is 1.